The van der Waals surface area contributed by atoms with Crippen LogP contribution in [0.5, 0.6) is 11.5 Å². The average molecular weight is 420 g/mol. The van der Waals surface area contributed by atoms with Gasteiger partial charge >= 0.3 is 23.9 Å². The van der Waals surface area contributed by atoms with Gasteiger partial charge in [-0.1, -0.05) is 6.07 Å². The number of hydrogen-bond donors (Lipinski definition) is 2. The smallest absolute Gasteiger partial charge is 0.343 e. The van der Waals surface area contributed by atoms with E-state index in [9.17, 15) is 19.2 Å². The van der Waals surface area contributed by atoms with Crippen molar-refractivity contribution in [3.63, 3.8) is 0 Å². The van der Waals surface area contributed by atoms with Crippen LogP contribution in [0.15, 0.2) is 66.7 Å². The number of ether oxygens (including phenoxy) is 2. The minimum atomic E-state index is -1.13. The molecule has 0 unspecified atom stereocenters. The highest BCUT2D eigenvalue weighted by Crippen LogP contribution is 2.25. The molecule has 3 aromatic rings. The van der Waals surface area contributed by atoms with Gasteiger partial charge in [-0.25, -0.2) is 19.2 Å². The molecule has 0 saturated heterocycles. The molecule has 8 heteroatoms. The van der Waals surface area contributed by atoms with Gasteiger partial charge in [-0.3, -0.25) is 0 Å². The molecule has 156 valence electrons. The Bertz CT molecular complexity index is 1150. The predicted molar refractivity (Wildman–Crippen MR) is 108 cm³/mol. The molecule has 4 aliphatic heterocycles. The minimum Gasteiger partial charge on any atom is -0.478 e. The van der Waals surface area contributed by atoms with Gasteiger partial charge in [0.2, 0.25) is 0 Å². The van der Waals surface area contributed by atoms with Gasteiger partial charge in [0, 0.05) is 0 Å². The van der Waals surface area contributed by atoms with Gasteiger partial charge < -0.3 is 19.7 Å². The first-order chi connectivity index (χ1) is 14.7. The summed E-state index contributed by atoms with van der Waals surface area (Å²) in [6.07, 6.45) is 0. The maximum Gasteiger partial charge on any atom is 0.343 e. The second-order valence-corrected chi connectivity index (χ2v) is 6.47. The van der Waals surface area contributed by atoms with Crippen LogP contribution in [0.2, 0.25) is 0 Å². The second kappa shape index (κ2) is 8.91. The van der Waals surface area contributed by atoms with E-state index in [2.05, 4.69) is 0 Å². The summed E-state index contributed by atoms with van der Waals surface area (Å²) in [5.74, 6) is -2.28. The standard InChI is InChI=1S/C15H10O4.C8H6O4/c1-9-8-12-6-7-13(9)19-15(17)11-4-2-10(3-5-11)14(16)18-12;9-7(10)5-2-1-3-6(4-5)8(11)12/h2-8H,1H3;1-4H,(H,9,10)(H,11,12). The zero-order valence-corrected chi connectivity index (χ0v) is 16.2. The fraction of sp³-hybridized carbons (Fsp3) is 0.0435. The van der Waals surface area contributed by atoms with Crippen LogP contribution in [-0.4, -0.2) is 34.1 Å². The van der Waals surface area contributed by atoms with Crippen LogP contribution >= 0.6 is 0 Å². The second-order valence-electron chi connectivity index (χ2n) is 6.47. The Morgan fingerprint density at radius 1 is 0.710 bits per heavy atom. The minimum absolute atomic E-state index is 0.0186. The number of carbonyl (C=O) groups is 4. The molecule has 0 aromatic heterocycles. The highest BCUT2D eigenvalue weighted by Gasteiger charge is 2.16. The van der Waals surface area contributed by atoms with Crippen molar-refractivity contribution in [1.29, 1.82) is 0 Å². The topological polar surface area (TPSA) is 127 Å². The Labute approximate surface area is 176 Å². The van der Waals surface area contributed by atoms with Gasteiger partial charge in [-0.05, 0) is 73.2 Å². The molecule has 4 aliphatic rings. The lowest BCUT2D eigenvalue weighted by Crippen LogP contribution is -2.13. The molecule has 2 N–H and O–H groups in total. The summed E-state index contributed by atoms with van der Waals surface area (Å²) in [4.78, 5) is 44.6. The third-order valence-electron chi connectivity index (χ3n) is 4.27. The Morgan fingerprint density at radius 2 is 1.23 bits per heavy atom. The Hall–Kier alpha value is -4.46. The van der Waals surface area contributed by atoms with Gasteiger partial charge in [0.25, 0.3) is 0 Å². The zero-order valence-electron chi connectivity index (χ0n) is 16.2. The summed E-state index contributed by atoms with van der Waals surface area (Å²) in [6, 6.07) is 16.2. The third-order valence-corrected chi connectivity index (χ3v) is 4.27. The van der Waals surface area contributed by atoms with Gasteiger partial charge in [-0.2, -0.15) is 0 Å². The molecular formula is C23H16O8. The van der Waals surface area contributed by atoms with Crippen LogP contribution in [0.4, 0.5) is 0 Å². The van der Waals surface area contributed by atoms with Crippen molar-refractivity contribution >= 4 is 23.9 Å². The first kappa shape index (κ1) is 21.3. The summed E-state index contributed by atoms with van der Waals surface area (Å²) in [5, 5.41) is 17.0. The molecule has 4 bridgehead atoms. The number of carboxylic acid groups (broad SMARTS) is 2. The lowest BCUT2D eigenvalue weighted by Gasteiger charge is -2.12. The van der Waals surface area contributed by atoms with Crippen molar-refractivity contribution in [1.82, 2.24) is 0 Å². The molecule has 0 amide bonds. The molecule has 0 fully saturated rings. The highest BCUT2D eigenvalue weighted by molar-refractivity contribution is 5.95. The summed E-state index contributed by atoms with van der Waals surface area (Å²) >= 11 is 0. The van der Waals surface area contributed by atoms with Crippen molar-refractivity contribution in [2.24, 2.45) is 0 Å². The number of carboxylic acids is 2. The molecule has 0 spiro atoms. The summed E-state index contributed by atoms with van der Waals surface area (Å²) < 4.78 is 10.5. The molecule has 3 aromatic carbocycles. The van der Waals surface area contributed by atoms with E-state index in [0.717, 1.165) is 11.6 Å². The van der Waals surface area contributed by atoms with Crippen LogP contribution < -0.4 is 9.47 Å². The van der Waals surface area contributed by atoms with E-state index in [1.54, 1.807) is 49.4 Å². The van der Waals surface area contributed by atoms with Crippen molar-refractivity contribution in [3.05, 3.63) is 94.5 Å². The van der Waals surface area contributed by atoms with Gasteiger partial charge in [-0.15, -0.1) is 0 Å². The number of aromatic carboxylic acids is 2. The zero-order chi connectivity index (χ0) is 22.5. The largest absolute Gasteiger partial charge is 0.478 e. The quantitative estimate of drug-likeness (QED) is 0.473. The SMILES string of the molecule is Cc1cc2ccc1OC(=O)c1ccc(cc1)C(=O)O2.O=C(O)c1cccc(C(=O)O)c1. The first-order valence-electron chi connectivity index (χ1n) is 8.96. The number of rotatable bonds is 2. The maximum absolute atomic E-state index is 11.9. The van der Waals surface area contributed by atoms with E-state index < -0.39 is 23.9 Å². The van der Waals surface area contributed by atoms with E-state index in [-0.39, 0.29) is 11.1 Å². The third kappa shape index (κ3) is 5.13. The van der Waals surface area contributed by atoms with Crippen LogP contribution in [-0.2, 0) is 0 Å². The lowest BCUT2D eigenvalue weighted by atomic mass is 10.1. The highest BCUT2D eigenvalue weighted by atomic mass is 16.5. The Balaban J connectivity index is 0.000000196. The van der Waals surface area contributed by atoms with E-state index in [4.69, 9.17) is 19.7 Å². The van der Waals surface area contributed by atoms with E-state index in [1.807, 2.05) is 0 Å². The predicted octanol–water partition coefficient (Wildman–Crippen LogP) is 3.83. The molecule has 4 heterocycles. The number of aryl methyl sites for hydroxylation is 1. The summed E-state index contributed by atoms with van der Waals surface area (Å²) in [7, 11) is 0. The summed E-state index contributed by atoms with van der Waals surface area (Å²) in [5.41, 5.74) is 1.47. The molecular weight excluding hydrogens is 404 g/mol. The van der Waals surface area contributed by atoms with Crippen LogP contribution in [0.25, 0.3) is 0 Å². The lowest BCUT2D eigenvalue weighted by molar-refractivity contribution is 0.0691. The van der Waals surface area contributed by atoms with E-state index in [1.165, 1.54) is 18.2 Å². The van der Waals surface area contributed by atoms with Crippen LogP contribution in [0, 0.1) is 6.92 Å². The molecule has 0 atom stereocenters. The van der Waals surface area contributed by atoms with E-state index >= 15 is 0 Å². The van der Waals surface area contributed by atoms with Crippen molar-refractivity contribution < 1.29 is 38.9 Å². The Morgan fingerprint density at radius 3 is 1.71 bits per heavy atom. The molecule has 0 radical (unpaired) electrons. The fourth-order valence-corrected chi connectivity index (χ4v) is 2.65. The normalized spacial score (nSPS) is 11.9. The van der Waals surface area contributed by atoms with Gasteiger partial charge in [0.1, 0.15) is 11.5 Å². The average Bonchev–Trinajstić information content (AvgIpc) is 2.75. The van der Waals surface area contributed by atoms with Gasteiger partial charge in [0.05, 0.1) is 22.3 Å². The van der Waals surface area contributed by atoms with Crippen molar-refractivity contribution in [2.75, 3.05) is 0 Å². The molecule has 0 aliphatic carbocycles. The molecule has 7 rings (SSSR count). The number of carbonyl (C=O) groups excluding carboxylic acids is 2. The maximum atomic E-state index is 11.9. The first-order valence-corrected chi connectivity index (χ1v) is 8.96. The van der Waals surface area contributed by atoms with Crippen LogP contribution in [0.3, 0.4) is 0 Å². The van der Waals surface area contributed by atoms with Gasteiger partial charge in [0.15, 0.2) is 0 Å². The van der Waals surface area contributed by atoms with Crippen molar-refractivity contribution in [2.45, 2.75) is 6.92 Å². The molecule has 0 saturated carbocycles. The van der Waals surface area contributed by atoms with Crippen LogP contribution in [0.1, 0.15) is 47.0 Å². The fourth-order valence-electron chi connectivity index (χ4n) is 2.65. The van der Waals surface area contributed by atoms with E-state index in [0.29, 0.717) is 22.6 Å². The molecule has 31 heavy (non-hydrogen) atoms. The number of benzene rings is 3. The summed E-state index contributed by atoms with van der Waals surface area (Å²) in [6.45, 7) is 1.79. The van der Waals surface area contributed by atoms with Crippen molar-refractivity contribution in [3.8, 4) is 11.5 Å². The number of esters is 2. The number of hydrogen-bond acceptors (Lipinski definition) is 6. The molecule has 8 nitrogen and oxygen atoms in total. The Kier molecular flexibility index (Phi) is 6.11. The monoisotopic (exact) mass is 420 g/mol.